The van der Waals surface area contributed by atoms with E-state index in [0.717, 1.165) is 12.3 Å². The molecule has 0 atom stereocenters. The molecule has 0 aliphatic heterocycles. The van der Waals surface area contributed by atoms with E-state index in [4.69, 9.17) is 0 Å². The highest BCUT2D eigenvalue weighted by molar-refractivity contribution is 7.99. The van der Waals surface area contributed by atoms with E-state index in [1.165, 1.54) is 24.2 Å². The minimum Gasteiger partial charge on any atom is -0.310 e. The van der Waals surface area contributed by atoms with Crippen LogP contribution in [0.3, 0.4) is 0 Å². The maximum atomic E-state index is 3.73. The molecule has 0 heterocycles. The molecule has 0 bridgehead atoms. The second-order valence-electron chi connectivity index (χ2n) is 4.43. The van der Waals surface area contributed by atoms with Gasteiger partial charge in [0.25, 0.3) is 0 Å². The van der Waals surface area contributed by atoms with Gasteiger partial charge in [0.2, 0.25) is 0 Å². The summed E-state index contributed by atoms with van der Waals surface area (Å²) in [7, 11) is 0. The zero-order valence-corrected chi connectivity index (χ0v) is 12.1. The summed E-state index contributed by atoms with van der Waals surface area (Å²) in [5.41, 5.74) is 0.358. The second-order valence-corrected chi connectivity index (χ2v) is 5.60. The lowest BCUT2D eigenvalue weighted by molar-refractivity contribution is 0.298. The average Bonchev–Trinajstić information content (AvgIpc) is 2.41. The van der Waals surface area contributed by atoms with E-state index in [1.807, 2.05) is 11.8 Å². The van der Waals surface area contributed by atoms with Gasteiger partial charge in [0.1, 0.15) is 0 Å². The van der Waals surface area contributed by atoms with Crippen LogP contribution in [0.1, 0.15) is 40.0 Å². The van der Waals surface area contributed by atoms with Gasteiger partial charge in [-0.3, -0.25) is 0 Å². The van der Waals surface area contributed by atoms with Gasteiger partial charge >= 0.3 is 0 Å². The van der Waals surface area contributed by atoms with Crippen LogP contribution >= 0.6 is 11.8 Å². The molecule has 0 amide bonds. The van der Waals surface area contributed by atoms with Crippen LogP contribution in [0.5, 0.6) is 0 Å². The predicted molar refractivity (Wildman–Crippen MR) is 78.8 cm³/mol. The molecule has 0 saturated heterocycles. The highest BCUT2D eigenvalue weighted by atomic mass is 32.2. The average molecular weight is 251 g/mol. The molecule has 1 rings (SSSR count). The summed E-state index contributed by atoms with van der Waals surface area (Å²) in [6, 6.07) is 10.6. The number of hydrogen-bond donors (Lipinski definition) is 1. The van der Waals surface area contributed by atoms with Gasteiger partial charge in [-0.2, -0.15) is 0 Å². The Bertz CT molecular complexity index is 285. The third-order valence-corrected chi connectivity index (χ3v) is 4.66. The first-order chi connectivity index (χ1) is 8.26. The van der Waals surface area contributed by atoms with Crippen molar-refractivity contribution in [3.63, 3.8) is 0 Å². The molecule has 0 aliphatic rings. The molecule has 0 saturated carbocycles. The summed E-state index contributed by atoms with van der Waals surface area (Å²) < 4.78 is 0. The lowest BCUT2D eigenvalue weighted by atomic mass is 9.90. The van der Waals surface area contributed by atoms with Gasteiger partial charge in [-0.15, -0.1) is 11.8 Å². The van der Waals surface area contributed by atoms with Crippen LogP contribution in [-0.4, -0.2) is 17.8 Å². The monoisotopic (exact) mass is 251 g/mol. The molecule has 0 spiro atoms. The summed E-state index contributed by atoms with van der Waals surface area (Å²) in [5.74, 6) is 1.14. The van der Waals surface area contributed by atoms with Crippen molar-refractivity contribution in [1.82, 2.24) is 5.32 Å². The highest BCUT2D eigenvalue weighted by Gasteiger charge is 2.21. The molecular formula is C15H25NS. The second kappa shape index (κ2) is 7.78. The maximum absolute atomic E-state index is 3.73. The molecule has 0 radical (unpaired) electrons. The molecule has 0 aromatic heterocycles. The number of rotatable bonds is 8. The van der Waals surface area contributed by atoms with Crippen molar-refractivity contribution in [3.8, 4) is 0 Å². The van der Waals surface area contributed by atoms with Crippen LogP contribution in [0.15, 0.2) is 35.2 Å². The van der Waals surface area contributed by atoms with E-state index >= 15 is 0 Å². The third-order valence-electron chi connectivity index (χ3n) is 3.64. The fourth-order valence-electron chi connectivity index (χ4n) is 2.13. The number of benzene rings is 1. The minimum atomic E-state index is 0.358. The first kappa shape index (κ1) is 14.6. The Morgan fingerprint density at radius 3 is 2.12 bits per heavy atom. The van der Waals surface area contributed by atoms with Crippen molar-refractivity contribution in [1.29, 1.82) is 0 Å². The molecule has 1 N–H and O–H groups in total. The van der Waals surface area contributed by atoms with Crippen LogP contribution in [0.4, 0.5) is 0 Å². The zero-order chi connectivity index (χ0) is 12.6. The van der Waals surface area contributed by atoms with Crippen LogP contribution in [-0.2, 0) is 0 Å². The van der Waals surface area contributed by atoms with E-state index in [2.05, 4.69) is 56.4 Å². The smallest absolute Gasteiger partial charge is 0.0174 e. The zero-order valence-electron chi connectivity index (χ0n) is 11.3. The molecule has 96 valence electrons. The number of hydrogen-bond acceptors (Lipinski definition) is 2. The molecule has 1 nitrogen and oxygen atoms in total. The number of thioether (sulfide) groups is 1. The van der Waals surface area contributed by atoms with Gasteiger partial charge < -0.3 is 5.32 Å². The van der Waals surface area contributed by atoms with E-state index in [-0.39, 0.29) is 0 Å². The van der Waals surface area contributed by atoms with Crippen molar-refractivity contribution in [2.24, 2.45) is 0 Å². The van der Waals surface area contributed by atoms with Gasteiger partial charge in [-0.05, 0) is 31.4 Å². The maximum Gasteiger partial charge on any atom is 0.0174 e. The Labute approximate surface area is 110 Å². The quantitative estimate of drug-likeness (QED) is 0.545. The molecule has 1 aromatic carbocycles. The molecule has 0 aliphatic carbocycles. The molecule has 1 aromatic rings. The van der Waals surface area contributed by atoms with Crippen molar-refractivity contribution in [2.75, 3.05) is 12.3 Å². The van der Waals surface area contributed by atoms with Crippen LogP contribution in [0, 0.1) is 0 Å². The largest absolute Gasteiger partial charge is 0.310 e. The van der Waals surface area contributed by atoms with Crippen LogP contribution < -0.4 is 5.32 Å². The molecular weight excluding hydrogens is 226 g/mol. The number of nitrogens with one attached hydrogen (secondary N) is 1. The highest BCUT2D eigenvalue weighted by Crippen LogP contribution is 2.20. The fourth-order valence-corrected chi connectivity index (χ4v) is 2.92. The third kappa shape index (κ3) is 4.72. The Hall–Kier alpha value is -0.470. The summed E-state index contributed by atoms with van der Waals surface area (Å²) in [5, 5.41) is 3.73. The summed E-state index contributed by atoms with van der Waals surface area (Å²) >= 11 is 1.93. The van der Waals surface area contributed by atoms with Gasteiger partial charge in [0.05, 0.1) is 0 Å². The summed E-state index contributed by atoms with van der Waals surface area (Å²) in [6.07, 6.45) is 3.65. The van der Waals surface area contributed by atoms with E-state index in [1.54, 1.807) is 0 Å². The SMILES string of the molecule is CCC(CC)(CC)NCCSc1ccccc1. The van der Waals surface area contributed by atoms with Crippen molar-refractivity contribution >= 4 is 11.8 Å². The van der Waals surface area contributed by atoms with Gasteiger partial charge in [0, 0.05) is 22.7 Å². The molecule has 0 fully saturated rings. The van der Waals surface area contributed by atoms with Crippen LogP contribution in [0.2, 0.25) is 0 Å². The van der Waals surface area contributed by atoms with Gasteiger partial charge in [-0.1, -0.05) is 39.0 Å². The van der Waals surface area contributed by atoms with Crippen molar-refractivity contribution in [2.45, 2.75) is 50.5 Å². The van der Waals surface area contributed by atoms with E-state index < -0.39 is 0 Å². The standard InChI is InChI=1S/C15H25NS/c1-4-15(5-2,6-3)16-12-13-17-14-10-8-7-9-11-14/h7-11,16H,4-6,12-13H2,1-3H3. The van der Waals surface area contributed by atoms with Crippen molar-refractivity contribution in [3.05, 3.63) is 30.3 Å². The lowest BCUT2D eigenvalue weighted by Crippen LogP contribution is -2.44. The minimum absolute atomic E-state index is 0.358. The summed E-state index contributed by atoms with van der Waals surface area (Å²) in [6.45, 7) is 7.94. The fraction of sp³-hybridized carbons (Fsp3) is 0.600. The normalized spacial score (nSPS) is 11.7. The Morgan fingerprint density at radius 1 is 1.00 bits per heavy atom. The van der Waals surface area contributed by atoms with Crippen molar-refractivity contribution < 1.29 is 0 Å². The topological polar surface area (TPSA) is 12.0 Å². The van der Waals surface area contributed by atoms with E-state index in [9.17, 15) is 0 Å². The Balaban J connectivity index is 2.28. The van der Waals surface area contributed by atoms with Gasteiger partial charge in [0.15, 0.2) is 0 Å². The lowest BCUT2D eigenvalue weighted by Gasteiger charge is -2.32. The van der Waals surface area contributed by atoms with Gasteiger partial charge in [-0.25, -0.2) is 0 Å². The predicted octanol–water partition coefficient (Wildman–Crippen LogP) is 4.34. The van der Waals surface area contributed by atoms with E-state index in [0.29, 0.717) is 5.54 Å². The first-order valence-electron chi connectivity index (χ1n) is 6.69. The molecule has 0 unspecified atom stereocenters. The van der Waals surface area contributed by atoms with Crippen LogP contribution in [0.25, 0.3) is 0 Å². The Kier molecular flexibility index (Phi) is 6.68. The Morgan fingerprint density at radius 2 is 1.59 bits per heavy atom. The molecule has 2 heteroatoms. The molecule has 17 heavy (non-hydrogen) atoms. The summed E-state index contributed by atoms with van der Waals surface area (Å²) in [4.78, 5) is 1.37. The first-order valence-corrected chi connectivity index (χ1v) is 7.67.